The second kappa shape index (κ2) is 30.8. The van der Waals surface area contributed by atoms with Crippen LogP contribution in [0.15, 0.2) is 0 Å². The minimum atomic E-state index is -1.32. The highest BCUT2D eigenvalue weighted by Crippen LogP contribution is 2.23. The Bertz CT molecular complexity index is 728. The highest BCUT2D eigenvalue weighted by atomic mass is 16.5. The van der Waals surface area contributed by atoms with Crippen molar-refractivity contribution in [1.82, 2.24) is 5.32 Å². The number of aliphatic hydroxyl groups is 5. The zero-order valence-electron chi connectivity index (χ0n) is 31.0. The molecule has 0 aromatic carbocycles. The van der Waals surface area contributed by atoms with Crippen molar-refractivity contribution in [3.05, 3.63) is 0 Å². The standard InChI is InChI=1S/C39H77NO8/c1-3-5-6-7-8-9-10-11-12-13-14-15-16-17-18-19-20-21-22-23-24-25-29-47-39(46)40-33(35(43)30-32(41)4-2)31-48-36-28-26-27-34(42)37(44)38(36)45/h32-38,41-45H,3-31H2,1-2H3,(H,40,46). The van der Waals surface area contributed by atoms with Crippen LogP contribution in [0.3, 0.4) is 0 Å². The molecule has 9 nitrogen and oxygen atoms in total. The molecule has 48 heavy (non-hydrogen) atoms. The van der Waals surface area contributed by atoms with Crippen molar-refractivity contribution in [2.75, 3.05) is 13.2 Å². The number of rotatable bonds is 31. The lowest BCUT2D eigenvalue weighted by atomic mass is 10.0. The molecule has 0 heterocycles. The van der Waals surface area contributed by atoms with Gasteiger partial charge in [-0.2, -0.15) is 0 Å². The lowest BCUT2D eigenvalue weighted by Crippen LogP contribution is -2.50. The van der Waals surface area contributed by atoms with E-state index in [9.17, 15) is 30.3 Å². The summed E-state index contributed by atoms with van der Waals surface area (Å²) in [6, 6.07) is -0.860. The number of nitrogens with one attached hydrogen (secondary N) is 1. The number of carbonyl (C=O) groups is 1. The van der Waals surface area contributed by atoms with Crippen molar-refractivity contribution >= 4 is 6.09 Å². The van der Waals surface area contributed by atoms with Crippen molar-refractivity contribution in [3.63, 3.8) is 0 Å². The van der Waals surface area contributed by atoms with E-state index in [1.807, 2.05) is 0 Å². The summed E-state index contributed by atoms with van der Waals surface area (Å²) in [6.07, 6.45) is 24.1. The number of hydrogen-bond acceptors (Lipinski definition) is 8. The summed E-state index contributed by atoms with van der Waals surface area (Å²) in [5.41, 5.74) is 0. The molecular formula is C39H77NO8. The first-order valence-electron chi connectivity index (χ1n) is 20.2. The normalized spacial score (nSPS) is 21.8. The van der Waals surface area contributed by atoms with Crippen LogP contribution in [0.2, 0.25) is 0 Å². The molecular weight excluding hydrogens is 610 g/mol. The van der Waals surface area contributed by atoms with Gasteiger partial charge in [0.05, 0.1) is 43.7 Å². The fraction of sp³-hybridized carbons (Fsp3) is 0.974. The largest absolute Gasteiger partial charge is 0.450 e. The molecule has 6 N–H and O–H groups in total. The second-order valence-corrected chi connectivity index (χ2v) is 14.5. The van der Waals surface area contributed by atoms with Gasteiger partial charge in [0, 0.05) is 6.42 Å². The number of amides is 1. The summed E-state index contributed by atoms with van der Waals surface area (Å²) in [6.45, 7) is 4.25. The van der Waals surface area contributed by atoms with Crippen LogP contribution in [0.1, 0.15) is 187 Å². The molecule has 1 saturated carbocycles. The van der Waals surface area contributed by atoms with Crippen molar-refractivity contribution in [3.8, 4) is 0 Å². The number of carbonyl (C=O) groups excluding carboxylic acids is 1. The maximum atomic E-state index is 12.5. The maximum Gasteiger partial charge on any atom is 0.407 e. The van der Waals surface area contributed by atoms with Crippen molar-refractivity contribution in [1.29, 1.82) is 0 Å². The molecule has 7 atom stereocenters. The molecule has 1 amide bonds. The third-order valence-electron chi connectivity index (χ3n) is 10.1. The predicted octanol–water partition coefficient (Wildman–Crippen LogP) is 7.86. The molecule has 1 aliphatic carbocycles. The highest BCUT2D eigenvalue weighted by molar-refractivity contribution is 5.67. The van der Waals surface area contributed by atoms with Crippen LogP contribution in [0.4, 0.5) is 4.79 Å². The monoisotopic (exact) mass is 688 g/mol. The summed E-state index contributed by atoms with van der Waals surface area (Å²) in [4.78, 5) is 12.5. The molecule has 286 valence electrons. The van der Waals surface area contributed by atoms with Crippen molar-refractivity contribution in [2.24, 2.45) is 0 Å². The number of ether oxygens (including phenoxy) is 2. The molecule has 1 rings (SSSR count). The van der Waals surface area contributed by atoms with E-state index in [0.29, 0.717) is 25.7 Å². The van der Waals surface area contributed by atoms with Crippen molar-refractivity contribution < 1.29 is 39.8 Å². The Labute approximate surface area is 294 Å². The summed E-state index contributed by atoms with van der Waals surface area (Å²) >= 11 is 0. The van der Waals surface area contributed by atoms with Crippen LogP contribution >= 0.6 is 0 Å². The molecule has 1 aliphatic rings. The summed E-state index contributed by atoms with van der Waals surface area (Å²) < 4.78 is 11.2. The fourth-order valence-electron chi connectivity index (χ4n) is 6.65. The van der Waals surface area contributed by atoms with Gasteiger partial charge in [0.2, 0.25) is 0 Å². The molecule has 1 fully saturated rings. The summed E-state index contributed by atoms with van der Waals surface area (Å²) in [5.74, 6) is 0. The Morgan fingerprint density at radius 2 is 1.12 bits per heavy atom. The van der Waals surface area contributed by atoms with E-state index in [0.717, 1.165) is 19.3 Å². The van der Waals surface area contributed by atoms with Crippen LogP contribution in [0.5, 0.6) is 0 Å². The molecule has 9 heteroatoms. The quantitative estimate of drug-likeness (QED) is 0.0319. The van der Waals surface area contributed by atoms with Crippen LogP contribution in [0.25, 0.3) is 0 Å². The lowest BCUT2D eigenvalue weighted by Gasteiger charge is -2.30. The number of aliphatic hydroxyl groups excluding tert-OH is 5. The van der Waals surface area contributed by atoms with E-state index in [1.165, 1.54) is 122 Å². The summed E-state index contributed by atoms with van der Waals surface area (Å²) in [5, 5.41) is 53.8. The van der Waals surface area contributed by atoms with E-state index in [4.69, 9.17) is 9.47 Å². The Balaban J connectivity index is 2.06. The zero-order valence-corrected chi connectivity index (χ0v) is 31.0. The van der Waals surface area contributed by atoms with E-state index in [1.54, 1.807) is 6.92 Å². The van der Waals surface area contributed by atoms with Gasteiger partial charge in [-0.15, -0.1) is 0 Å². The van der Waals surface area contributed by atoms with Gasteiger partial charge in [0.15, 0.2) is 0 Å². The number of unbranched alkanes of at least 4 members (excludes halogenated alkanes) is 21. The van der Waals surface area contributed by atoms with E-state index < -0.39 is 48.8 Å². The molecule has 0 aromatic heterocycles. The van der Waals surface area contributed by atoms with Gasteiger partial charge >= 0.3 is 6.09 Å². The Morgan fingerprint density at radius 1 is 0.667 bits per heavy atom. The van der Waals surface area contributed by atoms with Gasteiger partial charge in [-0.3, -0.25) is 0 Å². The fourth-order valence-corrected chi connectivity index (χ4v) is 6.65. The first kappa shape index (κ1) is 45.1. The Kier molecular flexibility index (Phi) is 28.9. The first-order valence-corrected chi connectivity index (χ1v) is 20.2. The average molecular weight is 688 g/mol. The van der Waals surface area contributed by atoms with Crippen LogP contribution in [-0.4, -0.2) is 87.5 Å². The zero-order chi connectivity index (χ0) is 35.2. The number of hydrogen-bond donors (Lipinski definition) is 6. The molecule has 7 unspecified atom stereocenters. The van der Waals surface area contributed by atoms with Gasteiger partial charge < -0.3 is 40.3 Å². The Hall–Kier alpha value is -0.970. The molecule has 0 bridgehead atoms. The Morgan fingerprint density at radius 3 is 1.58 bits per heavy atom. The molecule has 0 spiro atoms. The lowest BCUT2D eigenvalue weighted by molar-refractivity contribution is -0.120. The van der Waals surface area contributed by atoms with Gasteiger partial charge in [0.1, 0.15) is 12.2 Å². The molecule has 0 radical (unpaired) electrons. The smallest absolute Gasteiger partial charge is 0.407 e. The van der Waals surface area contributed by atoms with E-state index in [-0.39, 0.29) is 19.6 Å². The predicted molar refractivity (Wildman–Crippen MR) is 194 cm³/mol. The van der Waals surface area contributed by atoms with Gasteiger partial charge in [-0.25, -0.2) is 4.79 Å². The second-order valence-electron chi connectivity index (χ2n) is 14.5. The average Bonchev–Trinajstić information content (AvgIpc) is 3.19. The van der Waals surface area contributed by atoms with Gasteiger partial charge in [-0.05, 0) is 32.1 Å². The third-order valence-corrected chi connectivity index (χ3v) is 10.1. The van der Waals surface area contributed by atoms with E-state index in [2.05, 4.69) is 12.2 Å². The summed E-state index contributed by atoms with van der Waals surface area (Å²) in [7, 11) is 0. The third kappa shape index (κ3) is 23.4. The number of alkyl carbamates (subject to hydrolysis) is 1. The van der Waals surface area contributed by atoms with Crippen molar-refractivity contribution in [2.45, 2.75) is 230 Å². The highest BCUT2D eigenvalue weighted by Gasteiger charge is 2.36. The molecule has 0 aromatic rings. The van der Waals surface area contributed by atoms with Crippen LogP contribution < -0.4 is 5.32 Å². The van der Waals surface area contributed by atoms with Gasteiger partial charge in [-0.1, -0.05) is 149 Å². The van der Waals surface area contributed by atoms with Crippen LogP contribution in [-0.2, 0) is 9.47 Å². The first-order chi connectivity index (χ1) is 23.3. The minimum Gasteiger partial charge on any atom is -0.450 e. The SMILES string of the molecule is CCCCCCCCCCCCCCCCCCCCCCCCOC(=O)NC(COC1CCCC(O)C(O)C1O)C(O)CC(O)CC. The van der Waals surface area contributed by atoms with Gasteiger partial charge in [0.25, 0.3) is 0 Å². The maximum absolute atomic E-state index is 12.5. The van der Waals surface area contributed by atoms with E-state index >= 15 is 0 Å². The minimum absolute atomic E-state index is 0.0544. The topological polar surface area (TPSA) is 149 Å². The molecule has 0 aliphatic heterocycles. The van der Waals surface area contributed by atoms with Crippen LogP contribution in [0, 0.1) is 0 Å². The molecule has 0 saturated heterocycles.